The number of oxazole rings is 1. The Morgan fingerprint density at radius 1 is 1.21 bits per heavy atom. The van der Waals surface area contributed by atoms with Crippen LogP contribution in [0.5, 0.6) is 11.5 Å². The van der Waals surface area contributed by atoms with Gasteiger partial charge in [0.05, 0.1) is 0 Å². The number of aromatic nitrogens is 2. The van der Waals surface area contributed by atoms with Crippen molar-refractivity contribution in [1.82, 2.24) is 15.3 Å². The third-order valence-corrected chi connectivity index (χ3v) is 5.05. The Hall–Kier alpha value is -3.09. The van der Waals surface area contributed by atoms with Crippen LogP contribution in [0.15, 0.2) is 40.9 Å². The van der Waals surface area contributed by atoms with Gasteiger partial charge in [-0.3, -0.25) is 9.78 Å². The summed E-state index contributed by atoms with van der Waals surface area (Å²) in [5.41, 5.74) is 1.73. The van der Waals surface area contributed by atoms with Crippen LogP contribution < -0.4 is 15.4 Å². The molecule has 2 N–H and O–H groups in total. The third kappa shape index (κ3) is 4.08. The number of rotatable bonds is 5. The Kier molecular flexibility index (Phi) is 5.14. The van der Waals surface area contributed by atoms with Crippen molar-refractivity contribution in [3.8, 4) is 11.5 Å². The number of anilines is 1. The normalized spacial score (nSPS) is 19.4. The molecule has 2 unspecified atom stereocenters. The van der Waals surface area contributed by atoms with Gasteiger partial charge >= 0.3 is 0 Å². The molecule has 7 heteroatoms. The number of carbonyl (C=O) groups excluding carboxylic acids is 1. The number of hydrogen-bond acceptors (Lipinski definition) is 6. The first kappa shape index (κ1) is 18.3. The molecule has 0 aliphatic heterocycles. The maximum atomic E-state index is 11.7. The zero-order valence-electron chi connectivity index (χ0n) is 16.1. The lowest BCUT2D eigenvalue weighted by molar-refractivity contribution is 0.0958. The zero-order valence-corrected chi connectivity index (χ0v) is 16.1. The maximum Gasteiger partial charge on any atom is 0.295 e. The highest BCUT2D eigenvalue weighted by atomic mass is 16.5. The molecule has 1 aliphatic rings. The van der Waals surface area contributed by atoms with Gasteiger partial charge in [-0.25, -0.2) is 0 Å². The fourth-order valence-corrected chi connectivity index (χ4v) is 3.63. The lowest BCUT2D eigenvalue weighted by Gasteiger charge is -2.26. The van der Waals surface area contributed by atoms with E-state index >= 15 is 0 Å². The number of nitrogens with zero attached hydrogens (tertiary/aromatic N) is 2. The van der Waals surface area contributed by atoms with Crippen molar-refractivity contribution in [2.45, 2.75) is 38.6 Å². The lowest BCUT2D eigenvalue weighted by atomic mass is 9.87. The van der Waals surface area contributed by atoms with Gasteiger partial charge in [0.25, 0.3) is 11.9 Å². The van der Waals surface area contributed by atoms with Crippen LogP contribution in [0.25, 0.3) is 11.1 Å². The second-order valence-corrected chi connectivity index (χ2v) is 7.32. The first-order valence-electron chi connectivity index (χ1n) is 9.64. The number of pyridine rings is 1. The largest absolute Gasteiger partial charge is 0.457 e. The molecule has 4 rings (SSSR count). The molecule has 2 aromatic heterocycles. The van der Waals surface area contributed by atoms with E-state index in [2.05, 4.69) is 27.5 Å². The Morgan fingerprint density at radius 3 is 2.89 bits per heavy atom. The molecule has 0 radical (unpaired) electrons. The summed E-state index contributed by atoms with van der Waals surface area (Å²) in [6, 6.07) is 9.76. The van der Waals surface area contributed by atoms with Crippen molar-refractivity contribution in [3.05, 3.63) is 42.2 Å². The van der Waals surface area contributed by atoms with E-state index in [1.165, 1.54) is 12.8 Å². The van der Waals surface area contributed by atoms with Gasteiger partial charge in [-0.15, -0.1) is 0 Å². The van der Waals surface area contributed by atoms with Crippen LogP contribution in [0.3, 0.4) is 0 Å². The minimum absolute atomic E-state index is 0.260. The Morgan fingerprint density at radius 2 is 2.07 bits per heavy atom. The summed E-state index contributed by atoms with van der Waals surface area (Å²) >= 11 is 0. The van der Waals surface area contributed by atoms with E-state index in [0.717, 1.165) is 24.3 Å². The van der Waals surface area contributed by atoms with E-state index < -0.39 is 0 Å². The number of carbonyl (C=O) groups is 1. The second-order valence-electron chi connectivity index (χ2n) is 7.32. The van der Waals surface area contributed by atoms with Crippen molar-refractivity contribution in [2.75, 3.05) is 12.4 Å². The van der Waals surface area contributed by atoms with Gasteiger partial charge in [0.15, 0.2) is 5.58 Å². The van der Waals surface area contributed by atoms with E-state index in [9.17, 15) is 4.79 Å². The van der Waals surface area contributed by atoms with Crippen molar-refractivity contribution < 1.29 is 13.9 Å². The highest BCUT2D eigenvalue weighted by molar-refractivity contribution is 5.92. The van der Waals surface area contributed by atoms with Crippen LogP contribution >= 0.6 is 0 Å². The Bertz CT molecular complexity index is 985. The standard InChI is InChI=1S/C21H24N4O3/c1-13-4-3-5-14(10-13)24-21-25-17-7-6-15(12-19(17)28-21)27-16-8-9-23-18(11-16)20(26)22-2/h6-9,11-14H,3-5,10H2,1-2H3,(H,22,26)(H,24,25). The molecule has 1 aliphatic carbocycles. The summed E-state index contributed by atoms with van der Waals surface area (Å²) in [6.07, 6.45) is 6.36. The molecule has 146 valence electrons. The van der Waals surface area contributed by atoms with Gasteiger partial charge in [0.1, 0.15) is 22.7 Å². The predicted molar refractivity (Wildman–Crippen MR) is 107 cm³/mol. The zero-order chi connectivity index (χ0) is 19.5. The number of nitrogens with one attached hydrogen (secondary N) is 2. The molecule has 0 saturated heterocycles. The summed E-state index contributed by atoms with van der Waals surface area (Å²) < 4.78 is 11.8. The van der Waals surface area contributed by atoms with Gasteiger partial charge < -0.3 is 19.8 Å². The van der Waals surface area contributed by atoms with E-state index in [1.807, 2.05) is 12.1 Å². The van der Waals surface area contributed by atoms with Gasteiger partial charge in [0.2, 0.25) is 0 Å². The van der Waals surface area contributed by atoms with Gasteiger partial charge in [-0.1, -0.05) is 19.8 Å². The van der Waals surface area contributed by atoms with Crippen LogP contribution in [0.1, 0.15) is 43.1 Å². The molecular formula is C21H24N4O3. The average molecular weight is 380 g/mol. The first-order valence-corrected chi connectivity index (χ1v) is 9.64. The number of hydrogen-bond donors (Lipinski definition) is 2. The molecule has 1 saturated carbocycles. The summed E-state index contributed by atoms with van der Waals surface area (Å²) in [7, 11) is 1.56. The van der Waals surface area contributed by atoms with Gasteiger partial charge in [-0.2, -0.15) is 4.98 Å². The molecule has 2 heterocycles. The maximum absolute atomic E-state index is 11.7. The van der Waals surface area contributed by atoms with E-state index in [-0.39, 0.29) is 5.91 Å². The van der Waals surface area contributed by atoms with E-state index in [0.29, 0.717) is 34.8 Å². The minimum atomic E-state index is -0.260. The SMILES string of the molecule is CNC(=O)c1cc(Oc2ccc3nc(NC4CCCC(C)C4)oc3c2)ccn1. The summed E-state index contributed by atoms with van der Waals surface area (Å²) in [6.45, 7) is 2.29. The molecule has 28 heavy (non-hydrogen) atoms. The summed E-state index contributed by atoms with van der Waals surface area (Å²) in [5, 5.41) is 5.97. The smallest absolute Gasteiger partial charge is 0.295 e. The van der Waals surface area contributed by atoms with Gasteiger partial charge in [0, 0.05) is 31.4 Å². The van der Waals surface area contributed by atoms with Crippen LogP contribution in [0.4, 0.5) is 6.01 Å². The van der Waals surface area contributed by atoms with E-state index in [1.54, 1.807) is 31.4 Å². The highest BCUT2D eigenvalue weighted by Gasteiger charge is 2.20. The fraction of sp³-hybridized carbons (Fsp3) is 0.381. The summed E-state index contributed by atoms with van der Waals surface area (Å²) in [4.78, 5) is 20.3. The molecule has 1 amide bonds. The predicted octanol–water partition coefficient (Wildman–Crippen LogP) is 4.37. The third-order valence-electron chi connectivity index (χ3n) is 5.05. The number of benzene rings is 1. The van der Waals surface area contributed by atoms with Crippen molar-refractivity contribution in [1.29, 1.82) is 0 Å². The molecule has 1 fully saturated rings. The number of amides is 1. The minimum Gasteiger partial charge on any atom is -0.457 e. The average Bonchev–Trinajstić information content (AvgIpc) is 3.09. The topological polar surface area (TPSA) is 89.3 Å². The molecular weight excluding hydrogens is 356 g/mol. The number of ether oxygens (including phenoxy) is 1. The quantitative estimate of drug-likeness (QED) is 0.683. The molecule has 2 atom stereocenters. The number of fused-ring (bicyclic) bond motifs is 1. The van der Waals surface area contributed by atoms with Crippen molar-refractivity contribution in [3.63, 3.8) is 0 Å². The van der Waals surface area contributed by atoms with Crippen LogP contribution in [0.2, 0.25) is 0 Å². The summed E-state index contributed by atoms with van der Waals surface area (Å²) in [5.74, 6) is 1.61. The Labute approximate surface area is 163 Å². The lowest BCUT2D eigenvalue weighted by Crippen LogP contribution is -2.26. The Balaban J connectivity index is 1.49. The molecule has 7 nitrogen and oxygen atoms in total. The highest BCUT2D eigenvalue weighted by Crippen LogP contribution is 2.30. The van der Waals surface area contributed by atoms with Crippen molar-refractivity contribution >= 4 is 23.0 Å². The molecule has 1 aromatic carbocycles. The monoisotopic (exact) mass is 380 g/mol. The van der Waals surface area contributed by atoms with E-state index in [4.69, 9.17) is 9.15 Å². The van der Waals surface area contributed by atoms with Crippen LogP contribution in [0, 0.1) is 5.92 Å². The molecule has 0 spiro atoms. The van der Waals surface area contributed by atoms with Crippen molar-refractivity contribution in [2.24, 2.45) is 5.92 Å². The fourth-order valence-electron chi connectivity index (χ4n) is 3.63. The van der Waals surface area contributed by atoms with Gasteiger partial charge in [-0.05, 0) is 37.0 Å². The first-order chi connectivity index (χ1) is 13.6. The van der Waals surface area contributed by atoms with Crippen LogP contribution in [-0.2, 0) is 0 Å². The molecule has 3 aromatic rings. The van der Waals surface area contributed by atoms with Crippen LogP contribution in [-0.4, -0.2) is 29.0 Å². The second kappa shape index (κ2) is 7.88. The molecule has 0 bridgehead atoms.